The molecule has 136 valence electrons. The summed E-state index contributed by atoms with van der Waals surface area (Å²) in [5.41, 5.74) is 1.07. The summed E-state index contributed by atoms with van der Waals surface area (Å²) >= 11 is 0. The molecule has 0 spiro atoms. The Bertz CT molecular complexity index is 533. The van der Waals surface area contributed by atoms with Crippen LogP contribution in [0.15, 0.2) is 18.2 Å². The van der Waals surface area contributed by atoms with Crippen molar-refractivity contribution in [1.82, 2.24) is 5.32 Å². The van der Waals surface area contributed by atoms with Crippen LogP contribution in [0.2, 0.25) is 0 Å². The van der Waals surface area contributed by atoms with Crippen molar-refractivity contribution in [2.45, 2.75) is 57.3 Å². The topological polar surface area (TPSA) is 30.5 Å². The van der Waals surface area contributed by atoms with Gasteiger partial charge in [-0.1, -0.05) is 12.5 Å². The third-order valence-corrected chi connectivity index (χ3v) is 4.65. The quantitative estimate of drug-likeness (QED) is 0.832. The Labute approximate surface area is 141 Å². The summed E-state index contributed by atoms with van der Waals surface area (Å²) in [5, 5.41) is 3.36. The van der Waals surface area contributed by atoms with Gasteiger partial charge < -0.3 is 14.8 Å². The molecule has 0 saturated heterocycles. The fourth-order valence-electron chi connectivity index (χ4n) is 3.46. The first-order valence-electron chi connectivity index (χ1n) is 8.37. The van der Waals surface area contributed by atoms with Crippen LogP contribution in [0.3, 0.4) is 0 Å². The molecule has 1 aliphatic carbocycles. The van der Waals surface area contributed by atoms with Crippen LogP contribution in [0.25, 0.3) is 0 Å². The van der Waals surface area contributed by atoms with E-state index in [2.05, 4.69) is 5.32 Å². The second-order valence-electron chi connectivity index (χ2n) is 6.56. The molecule has 3 atom stereocenters. The van der Waals surface area contributed by atoms with Crippen LogP contribution in [0.1, 0.15) is 38.2 Å². The molecule has 0 radical (unpaired) electrons. The lowest BCUT2D eigenvalue weighted by Crippen LogP contribution is -2.43. The maximum atomic E-state index is 12.9. The van der Waals surface area contributed by atoms with Crippen molar-refractivity contribution in [3.63, 3.8) is 0 Å². The molecule has 1 aromatic carbocycles. The fourth-order valence-corrected chi connectivity index (χ4v) is 3.46. The Morgan fingerprint density at radius 1 is 1.17 bits per heavy atom. The summed E-state index contributed by atoms with van der Waals surface area (Å²) in [7, 11) is 3.17. The average Bonchev–Trinajstić information content (AvgIpc) is 2.54. The number of rotatable bonds is 6. The van der Waals surface area contributed by atoms with E-state index in [0.29, 0.717) is 17.9 Å². The minimum atomic E-state index is -4.08. The van der Waals surface area contributed by atoms with E-state index in [9.17, 15) is 13.2 Å². The summed E-state index contributed by atoms with van der Waals surface area (Å²) in [6, 6.07) is 5.75. The van der Waals surface area contributed by atoms with Gasteiger partial charge in [0, 0.05) is 12.1 Å². The van der Waals surface area contributed by atoms with Crippen LogP contribution in [-0.2, 0) is 6.42 Å². The molecule has 1 saturated carbocycles. The molecule has 3 nitrogen and oxygen atoms in total. The Balaban J connectivity index is 1.92. The van der Waals surface area contributed by atoms with Crippen molar-refractivity contribution in [3.8, 4) is 11.5 Å². The Hall–Kier alpha value is -1.43. The van der Waals surface area contributed by atoms with E-state index in [4.69, 9.17) is 9.47 Å². The molecule has 0 aliphatic heterocycles. The van der Waals surface area contributed by atoms with Gasteiger partial charge in [-0.05, 0) is 50.3 Å². The van der Waals surface area contributed by atoms with E-state index in [-0.39, 0.29) is 24.9 Å². The minimum absolute atomic E-state index is 0.0690. The van der Waals surface area contributed by atoms with E-state index < -0.39 is 12.1 Å². The van der Waals surface area contributed by atoms with E-state index in [1.54, 1.807) is 14.2 Å². The van der Waals surface area contributed by atoms with Gasteiger partial charge in [-0.15, -0.1) is 0 Å². The van der Waals surface area contributed by atoms with Gasteiger partial charge in [-0.3, -0.25) is 0 Å². The summed E-state index contributed by atoms with van der Waals surface area (Å²) in [4.78, 5) is 0. The number of hydrogen-bond donors (Lipinski definition) is 1. The Morgan fingerprint density at radius 3 is 2.50 bits per heavy atom. The predicted octanol–water partition coefficient (Wildman–Crippen LogP) is 4.35. The van der Waals surface area contributed by atoms with E-state index in [1.165, 1.54) is 0 Å². The third kappa shape index (κ3) is 5.03. The lowest BCUT2D eigenvalue weighted by Gasteiger charge is -2.33. The second kappa shape index (κ2) is 8.10. The van der Waals surface area contributed by atoms with Gasteiger partial charge in [-0.25, -0.2) is 0 Å². The Kier molecular flexibility index (Phi) is 6.38. The molecule has 0 bridgehead atoms. The highest BCUT2D eigenvalue weighted by atomic mass is 19.4. The lowest BCUT2D eigenvalue weighted by molar-refractivity contribution is -0.183. The first-order valence-corrected chi connectivity index (χ1v) is 8.37. The number of halogens is 3. The van der Waals surface area contributed by atoms with Gasteiger partial charge in [0.1, 0.15) is 0 Å². The van der Waals surface area contributed by atoms with Gasteiger partial charge in [0.05, 0.1) is 20.1 Å². The van der Waals surface area contributed by atoms with Crippen molar-refractivity contribution in [1.29, 1.82) is 0 Å². The zero-order chi connectivity index (χ0) is 17.7. The molecular weight excluding hydrogens is 319 g/mol. The zero-order valence-electron chi connectivity index (χ0n) is 14.5. The monoisotopic (exact) mass is 345 g/mol. The normalized spacial score (nSPS) is 22.9. The van der Waals surface area contributed by atoms with Crippen LogP contribution >= 0.6 is 0 Å². The molecule has 2 rings (SSSR count). The van der Waals surface area contributed by atoms with Crippen molar-refractivity contribution < 1.29 is 22.6 Å². The first-order chi connectivity index (χ1) is 11.3. The van der Waals surface area contributed by atoms with Gasteiger partial charge in [0.25, 0.3) is 0 Å². The van der Waals surface area contributed by atoms with E-state index >= 15 is 0 Å². The summed E-state index contributed by atoms with van der Waals surface area (Å²) in [6.45, 7) is 2.01. The molecular formula is C18H26F3NO2. The Morgan fingerprint density at radius 2 is 1.88 bits per heavy atom. The van der Waals surface area contributed by atoms with Crippen molar-refractivity contribution in [3.05, 3.63) is 23.8 Å². The summed E-state index contributed by atoms with van der Waals surface area (Å²) < 4.78 is 49.2. The molecule has 0 heterocycles. The number of methoxy groups -OCH3 is 2. The highest BCUT2D eigenvalue weighted by Crippen LogP contribution is 2.37. The lowest BCUT2D eigenvalue weighted by atomic mass is 9.85. The van der Waals surface area contributed by atoms with Crippen LogP contribution < -0.4 is 14.8 Å². The highest BCUT2D eigenvalue weighted by molar-refractivity contribution is 5.43. The molecule has 6 heteroatoms. The van der Waals surface area contributed by atoms with Gasteiger partial charge in [0.2, 0.25) is 0 Å². The SMILES string of the molecule is COc1ccc(CC(C)NC2CCCC(C(F)(F)F)C2)cc1OC. The predicted molar refractivity (Wildman–Crippen MR) is 87.6 cm³/mol. The molecule has 0 amide bonds. The largest absolute Gasteiger partial charge is 0.493 e. The van der Waals surface area contributed by atoms with Crippen LogP contribution in [-0.4, -0.2) is 32.5 Å². The number of ether oxygens (including phenoxy) is 2. The molecule has 3 unspecified atom stereocenters. The number of hydrogen-bond acceptors (Lipinski definition) is 3. The van der Waals surface area contributed by atoms with Crippen molar-refractivity contribution in [2.75, 3.05) is 14.2 Å². The molecule has 1 aliphatic rings. The highest BCUT2D eigenvalue weighted by Gasteiger charge is 2.42. The standard InChI is InChI=1S/C18H26F3NO2/c1-12(9-13-7-8-16(23-2)17(10-13)24-3)22-15-6-4-5-14(11-15)18(19,20)21/h7-8,10,12,14-15,22H,4-6,9,11H2,1-3H3. The maximum absolute atomic E-state index is 12.9. The van der Waals surface area contributed by atoms with E-state index in [1.807, 2.05) is 25.1 Å². The molecule has 1 fully saturated rings. The number of alkyl halides is 3. The third-order valence-electron chi connectivity index (χ3n) is 4.65. The van der Waals surface area contributed by atoms with Crippen LogP contribution in [0.5, 0.6) is 11.5 Å². The van der Waals surface area contributed by atoms with Gasteiger partial charge >= 0.3 is 6.18 Å². The minimum Gasteiger partial charge on any atom is -0.493 e. The molecule has 24 heavy (non-hydrogen) atoms. The maximum Gasteiger partial charge on any atom is 0.391 e. The van der Waals surface area contributed by atoms with Crippen LogP contribution in [0.4, 0.5) is 13.2 Å². The fraction of sp³-hybridized carbons (Fsp3) is 0.667. The molecule has 1 N–H and O–H groups in total. The first kappa shape index (κ1) is 18.9. The summed E-state index contributed by atoms with van der Waals surface area (Å²) in [6.07, 6.45) is -1.47. The average molecular weight is 345 g/mol. The molecule has 0 aromatic heterocycles. The number of benzene rings is 1. The van der Waals surface area contributed by atoms with Crippen molar-refractivity contribution >= 4 is 0 Å². The second-order valence-corrected chi connectivity index (χ2v) is 6.56. The van der Waals surface area contributed by atoms with Gasteiger partial charge in [-0.2, -0.15) is 13.2 Å². The van der Waals surface area contributed by atoms with Gasteiger partial charge in [0.15, 0.2) is 11.5 Å². The zero-order valence-corrected chi connectivity index (χ0v) is 14.5. The smallest absolute Gasteiger partial charge is 0.391 e. The number of nitrogens with one attached hydrogen (secondary N) is 1. The summed E-state index contributed by atoms with van der Waals surface area (Å²) in [5.74, 6) is 0.163. The van der Waals surface area contributed by atoms with Crippen molar-refractivity contribution in [2.24, 2.45) is 5.92 Å². The molecule has 1 aromatic rings. The van der Waals surface area contributed by atoms with E-state index in [0.717, 1.165) is 18.4 Å². The van der Waals surface area contributed by atoms with Crippen LogP contribution in [0, 0.1) is 5.92 Å².